The van der Waals surface area contributed by atoms with Gasteiger partial charge in [0, 0.05) is 18.8 Å². The number of benzene rings is 1. The zero-order valence-corrected chi connectivity index (χ0v) is 16.3. The van der Waals surface area contributed by atoms with Gasteiger partial charge >= 0.3 is 0 Å². The fraction of sp³-hybridized carbons (Fsp3) is 0.474. The van der Waals surface area contributed by atoms with Gasteiger partial charge in [-0.1, -0.05) is 50.3 Å². The van der Waals surface area contributed by atoms with Crippen molar-refractivity contribution >= 4 is 21.7 Å². The summed E-state index contributed by atoms with van der Waals surface area (Å²) in [6, 6.07) is 9.90. The van der Waals surface area contributed by atoms with E-state index in [1.54, 1.807) is 18.2 Å². The van der Waals surface area contributed by atoms with Gasteiger partial charge in [-0.2, -0.15) is 9.40 Å². The minimum absolute atomic E-state index is 0.162. The third-order valence-corrected chi connectivity index (χ3v) is 6.77. The maximum absolute atomic E-state index is 12.5. The Kier molecular flexibility index (Phi) is 6.28. The van der Waals surface area contributed by atoms with Crippen molar-refractivity contribution in [3.63, 3.8) is 0 Å². The van der Waals surface area contributed by atoms with E-state index in [1.165, 1.54) is 51.3 Å². The van der Waals surface area contributed by atoms with Crippen molar-refractivity contribution in [2.75, 3.05) is 18.9 Å². The molecule has 8 heteroatoms. The van der Waals surface area contributed by atoms with E-state index in [2.05, 4.69) is 15.5 Å². The van der Waals surface area contributed by atoms with Crippen LogP contribution < -0.4 is 5.32 Å². The van der Waals surface area contributed by atoms with E-state index in [1.807, 2.05) is 6.07 Å². The number of nitrogens with zero attached hydrogens (tertiary/aromatic N) is 2. The number of carbonyl (C=O) groups is 1. The Hall–Kier alpha value is -2.19. The monoisotopic (exact) mass is 390 g/mol. The van der Waals surface area contributed by atoms with Gasteiger partial charge in [-0.25, -0.2) is 8.42 Å². The Balaban J connectivity index is 1.54. The minimum Gasteiger partial charge on any atom is -0.308 e. The molecule has 0 spiro atoms. The van der Waals surface area contributed by atoms with Gasteiger partial charge in [0.2, 0.25) is 15.9 Å². The van der Waals surface area contributed by atoms with E-state index < -0.39 is 15.9 Å². The van der Waals surface area contributed by atoms with E-state index in [0.29, 0.717) is 11.7 Å². The van der Waals surface area contributed by atoms with Crippen molar-refractivity contribution in [1.29, 1.82) is 0 Å². The highest BCUT2D eigenvalue weighted by molar-refractivity contribution is 7.89. The predicted molar refractivity (Wildman–Crippen MR) is 104 cm³/mol. The average Bonchev–Trinajstić information content (AvgIpc) is 3.09. The Morgan fingerprint density at radius 1 is 1.22 bits per heavy atom. The smallest absolute Gasteiger partial charge is 0.243 e. The summed E-state index contributed by atoms with van der Waals surface area (Å²) in [5, 5.41) is 9.76. The lowest BCUT2D eigenvalue weighted by molar-refractivity contribution is -0.116. The molecule has 1 amide bonds. The second-order valence-electron chi connectivity index (χ2n) is 7.11. The third-order valence-electron chi connectivity index (χ3n) is 4.95. The Bertz CT molecular complexity index is 858. The number of H-pyrrole nitrogens is 1. The number of nitrogens with one attached hydrogen (secondary N) is 2. The maximum atomic E-state index is 12.5. The second-order valence-corrected chi connectivity index (χ2v) is 9.15. The summed E-state index contributed by atoms with van der Waals surface area (Å²) in [4.78, 5) is 12.4. The minimum atomic E-state index is -3.70. The highest BCUT2D eigenvalue weighted by Crippen LogP contribution is 2.26. The molecular weight excluding hydrogens is 364 g/mol. The molecule has 0 saturated heterocycles. The number of amides is 1. The molecule has 1 heterocycles. The first-order chi connectivity index (χ1) is 12.9. The predicted octanol–water partition coefficient (Wildman–Crippen LogP) is 2.79. The molecule has 1 saturated carbocycles. The van der Waals surface area contributed by atoms with Gasteiger partial charge in [-0.05, 0) is 24.5 Å². The van der Waals surface area contributed by atoms with Crippen molar-refractivity contribution in [3.05, 3.63) is 42.1 Å². The van der Waals surface area contributed by atoms with Crippen molar-refractivity contribution in [3.8, 4) is 0 Å². The van der Waals surface area contributed by atoms with Crippen molar-refractivity contribution < 1.29 is 13.2 Å². The van der Waals surface area contributed by atoms with Crippen LogP contribution in [-0.2, 0) is 21.2 Å². The van der Waals surface area contributed by atoms with Crippen LogP contribution in [0.15, 0.2) is 41.3 Å². The van der Waals surface area contributed by atoms with Crippen LogP contribution in [0.3, 0.4) is 0 Å². The standard InChI is InChI=1S/C19H26N4O3S/c1-23(27(25,26)17-10-6-3-7-11-17)14-19(24)20-18-13-16(21-22-18)12-15-8-4-2-5-9-15/h3,6-7,10-11,13,15H,2,4-5,8-9,12,14H2,1H3,(H2,20,21,22,24). The van der Waals surface area contributed by atoms with Gasteiger partial charge < -0.3 is 5.32 Å². The molecule has 0 atom stereocenters. The zero-order valence-electron chi connectivity index (χ0n) is 15.5. The second kappa shape index (κ2) is 8.67. The Morgan fingerprint density at radius 3 is 2.63 bits per heavy atom. The maximum Gasteiger partial charge on any atom is 0.243 e. The first kappa shape index (κ1) is 19.6. The van der Waals surface area contributed by atoms with E-state index in [4.69, 9.17) is 0 Å². The van der Waals surface area contributed by atoms with Crippen LogP contribution in [0.2, 0.25) is 0 Å². The van der Waals surface area contributed by atoms with Crippen molar-refractivity contribution in [1.82, 2.24) is 14.5 Å². The number of rotatable bonds is 7. The van der Waals surface area contributed by atoms with Crippen LogP contribution >= 0.6 is 0 Å². The number of aromatic nitrogens is 2. The summed E-state index contributed by atoms with van der Waals surface area (Å²) in [6.07, 6.45) is 7.30. The van der Waals surface area contributed by atoms with Crippen LogP contribution in [0.4, 0.5) is 5.82 Å². The van der Waals surface area contributed by atoms with Crippen molar-refractivity contribution in [2.45, 2.75) is 43.4 Å². The fourth-order valence-electron chi connectivity index (χ4n) is 3.47. The molecule has 0 unspecified atom stereocenters. The molecule has 1 fully saturated rings. The lowest BCUT2D eigenvalue weighted by Crippen LogP contribution is -2.35. The van der Waals surface area contributed by atoms with Gasteiger partial charge in [0.05, 0.1) is 11.4 Å². The number of hydrogen-bond acceptors (Lipinski definition) is 4. The van der Waals surface area contributed by atoms with Gasteiger partial charge in [-0.15, -0.1) is 0 Å². The Morgan fingerprint density at radius 2 is 1.93 bits per heavy atom. The number of sulfonamides is 1. The molecule has 2 aromatic rings. The quantitative estimate of drug-likeness (QED) is 0.760. The Labute approximate surface area is 160 Å². The topological polar surface area (TPSA) is 95.2 Å². The normalized spacial score (nSPS) is 15.8. The number of carbonyl (C=O) groups excluding carboxylic acids is 1. The summed E-state index contributed by atoms with van der Waals surface area (Å²) in [7, 11) is -2.31. The summed E-state index contributed by atoms with van der Waals surface area (Å²) in [5.74, 6) is 0.675. The number of hydrogen-bond donors (Lipinski definition) is 2. The first-order valence-corrected chi connectivity index (χ1v) is 10.7. The van der Waals surface area contributed by atoms with Crippen LogP contribution in [-0.4, -0.2) is 42.4 Å². The lowest BCUT2D eigenvalue weighted by Gasteiger charge is -2.20. The molecule has 1 aromatic carbocycles. The molecule has 0 radical (unpaired) electrons. The fourth-order valence-corrected chi connectivity index (χ4v) is 4.62. The highest BCUT2D eigenvalue weighted by atomic mass is 32.2. The molecule has 0 aliphatic heterocycles. The number of likely N-dealkylation sites (N-methyl/N-ethyl adjacent to an activating group) is 1. The van der Waals surface area contributed by atoms with Gasteiger partial charge in [0.1, 0.15) is 0 Å². The molecule has 146 valence electrons. The summed E-state index contributed by atoms with van der Waals surface area (Å²) in [5.41, 5.74) is 1.00. The lowest BCUT2D eigenvalue weighted by atomic mass is 9.86. The van der Waals surface area contributed by atoms with Crippen LogP contribution in [0.5, 0.6) is 0 Å². The van der Waals surface area contributed by atoms with Crippen molar-refractivity contribution in [2.24, 2.45) is 5.92 Å². The van der Waals surface area contributed by atoms with E-state index in [0.717, 1.165) is 16.4 Å². The van der Waals surface area contributed by atoms with Gasteiger partial charge in [0.25, 0.3) is 0 Å². The molecule has 7 nitrogen and oxygen atoms in total. The van der Waals surface area contributed by atoms with E-state index >= 15 is 0 Å². The number of anilines is 1. The van der Waals surface area contributed by atoms with Crippen LogP contribution in [0, 0.1) is 5.92 Å². The van der Waals surface area contributed by atoms with Crippen LogP contribution in [0.1, 0.15) is 37.8 Å². The molecular formula is C19H26N4O3S. The molecule has 27 heavy (non-hydrogen) atoms. The SMILES string of the molecule is CN(CC(=O)Nc1cc(CC2CCCCC2)[nH]n1)S(=O)(=O)c1ccccc1. The van der Waals surface area contributed by atoms with Crippen LogP contribution in [0.25, 0.3) is 0 Å². The average molecular weight is 391 g/mol. The molecule has 1 aromatic heterocycles. The summed E-state index contributed by atoms with van der Waals surface area (Å²) in [6.45, 7) is -0.276. The van der Waals surface area contributed by atoms with Gasteiger partial charge in [-0.3, -0.25) is 9.89 Å². The summed E-state index contributed by atoms with van der Waals surface area (Å²) < 4.78 is 26.0. The first-order valence-electron chi connectivity index (χ1n) is 9.30. The molecule has 3 rings (SSSR count). The third kappa shape index (κ3) is 5.17. The van der Waals surface area contributed by atoms with E-state index in [9.17, 15) is 13.2 Å². The highest BCUT2D eigenvalue weighted by Gasteiger charge is 2.23. The largest absolute Gasteiger partial charge is 0.308 e. The molecule has 1 aliphatic rings. The van der Waals surface area contributed by atoms with E-state index in [-0.39, 0.29) is 11.4 Å². The molecule has 1 aliphatic carbocycles. The van der Waals surface area contributed by atoms with Gasteiger partial charge in [0.15, 0.2) is 5.82 Å². The molecule has 2 N–H and O–H groups in total. The molecule has 0 bridgehead atoms. The zero-order chi connectivity index (χ0) is 19.3. The summed E-state index contributed by atoms with van der Waals surface area (Å²) >= 11 is 0. The number of aromatic amines is 1.